The van der Waals surface area contributed by atoms with Crippen molar-refractivity contribution in [2.24, 2.45) is 0 Å². The van der Waals surface area contributed by atoms with E-state index in [9.17, 15) is 21.6 Å². The third kappa shape index (κ3) is 5.59. The van der Waals surface area contributed by atoms with Gasteiger partial charge in [-0.25, -0.2) is 17.4 Å². The van der Waals surface area contributed by atoms with Gasteiger partial charge in [-0.05, 0) is 78.5 Å². The highest BCUT2D eigenvalue weighted by molar-refractivity contribution is 7.90. The quantitative estimate of drug-likeness (QED) is 0.209. The van der Waals surface area contributed by atoms with Gasteiger partial charge >= 0.3 is 6.18 Å². The number of likely N-dealkylation sites (N-methyl/N-ethyl adjacent to an activating group) is 1. The lowest BCUT2D eigenvalue weighted by Crippen LogP contribution is -2.44. The molecule has 7 nitrogen and oxygen atoms in total. The largest absolute Gasteiger partial charge is 0.416 e. The predicted octanol–water partition coefficient (Wildman–Crippen LogP) is 7.16. The third-order valence-electron chi connectivity index (χ3n) is 8.79. The fourth-order valence-corrected chi connectivity index (χ4v) is 7.42. The molecule has 1 fully saturated rings. The monoisotopic (exact) mass is 643 g/mol. The lowest BCUT2D eigenvalue weighted by atomic mass is 9.97. The van der Waals surface area contributed by atoms with Crippen LogP contribution >= 0.6 is 0 Å². The lowest BCUT2D eigenvalue weighted by molar-refractivity contribution is -0.138. The summed E-state index contributed by atoms with van der Waals surface area (Å²) in [6, 6.07) is 20.4. The van der Waals surface area contributed by atoms with Gasteiger partial charge in [0.1, 0.15) is 0 Å². The van der Waals surface area contributed by atoms with Crippen molar-refractivity contribution in [2.45, 2.75) is 24.5 Å². The fourth-order valence-electron chi connectivity index (χ4n) is 6.10. The van der Waals surface area contributed by atoms with Crippen molar-refractivity contribution in [3.63, 3.8) is 0 Å². The van der Waals surface area contributed by atoms with Crippen LogP contribution in [-0.2, 0) is 22.7 Å². The van der Waals surface area contributed by atoms with Crippen LogP contribution in [-0.4, -0.2) is 65.4 Å². The van der Waals surface area contributed by atoms with E-state index in [1.807, 2.05) is 49.3 Å². The topological polar surface area (TPSA) is 74.2 Å². The van der Waals surface area contributed by atoms with Gasteiger partial charge in [-0.15, -0.1) is 0 Å². The average Bonchev–Trinajstić information content (AvgIpc) is 3.66. The zero-order chi connectivity index (χ0) is 32.2. The zero-order valence-electron chi connectivity index (χ0n) is 25.3. The van der Waals surface area contributed by atoms with Gasteiger partial charge in [-0.2, -0.15) is 13.2 Å². The van der Waals surface area contributed by atoms with Gasteiger partial charge < -0.3 is 9.88 Å². The molecule has 0 atom stereocenters. The number of rotatable bonds is 6. The number of piperazine rings is 1. The number of alkyl halides is 3. The Hall–Kier alpha value is -4.45. The molecule has 1 aliphatic rings. The van der Waals surface area contributed by atoms with Gasteiger partial charge in [0.25, 0.3) is 10.0 Å². The number of aromatic amines is 1. The van der Waals surface area contributed by atoms with E-state index in [1.54, 1.807) is 48.7 Å². The number of nitrogens with zero attached hydrogens (tertiary/aromatic N) is 4. The highest BCUT2D eigenvalue weighted by Crippen LogP contribution is 2.39. The SMILES string of the molecule is Cc1ccc(S(=O)(=O)n2cc(-c3ccc4[nH]ccc4c3)c3cc(-c4ccc(CN5CCN(C)CC5)c(C(F)(F)F)c4)cnc32)cc1. The molecular weight excluding hydrogens is 611 g/mol. The van der Waals surface area contributed by atoms with E-state index in [2.05, 4.69) is 14.9 Å². The molecule has 1 N–H and O–H groups in total. The zero-order valence-corrected chi connectivity index (χ0v) is 26.2. The van der Waals surface area contributed by atoms with E-state index in [4.69, 9.17) is 0 Å². The van der Waals surface area contributed by atoms with E-state index in [0.717, 1.165) is 39.1 Å². The molecule has 0 bridgehead atoms. The molecule has 46 heavy (non-hydrogen) atoms. The van der Waals surface area contributed by atoms with Crippen LogP contribution in [0.15, 0.2) is 96.3 Å². The summed E-state index contributed by atoms with van der Waals surface area (Å²) < 4.78 is 72.2. The molecule has 1 saturated heterocycles. The van der Waals surface area contributed by atoms with Crippen molar-refractivity contribution >= 4 is 32.0 Å². The maximum atomic E-state index is 14.4. The summed E-state index contributed by atoms with van der Waals surface area (Å²) in [5, 5.41) is 1.45. The molecule has 236 valence electrons. The van der Waals surface area contributed by atoms with E-state index in [-0.39, 0.29) is 22.7 Å². The smallest absolute Gasteiger partial charge is 0.361 e. The summed E-state index contributed by atoms with van der Waals surface area (Å²) in [7, 11) is -2.03. The highest BCUT2D eigenvalue weighted by atomic mass is 32.2. The van der Waals surface area contributed by atoms with Crippen LogP contribution in [0.25, 0.3) is 44.2 Å². The first kappa shape index (κ1) is 30.2. The molecule has 11 heteroatoms. The molecule has 3 aromatic heterocycles. The van der Waals surface area contributed by atoms with Gasteiger partial charge in [-0.1, -0.05) is 35.9 Å². The van der Waals surface area contributed by atoms with Gasteiger partial charge in [0.05, 0.1) is 10.5 Å². The summed E-state index contributed by atoms with van der Waals surface area (Å²) in [4.78, 5) is 12.0. The molecule has 7 rings (SSSR count). The van der Waals surface area contributed by atoms with Gasteiger partial charge in [0.2, 0.25) is 0 Å². The van der Waals surface area contributed by atoms with Crippen LogP contribution in [0.3, 0.4) is 0 Å². The average molecular weight is 644 g/mol. The van der Waals surface area contributed by atoms with E-state index >= 15 is 0 Å². The van der Waals surface area contributed by atoms with Crippen molar-refractivity contribution in [1.82, 2.24) is 23.7 Å². The van der Waals surface area contributed by atoms with E-state index < -0.39 is 21.8 Å². The Balaban J connectivity index is 1.36. The number of hydrogen-bond donors (Lipinski definition) is 1. The number of pyridine rings is 1. The maximum Gasteiger partial charge on any atom is 0.416 e. The van der Waals surface area contributed by atoms with E-state index in [1.165, 1.54) is 12.3 Å². The first-order chi connectivity index (χ1) is 22.0. The number of halogens is 3. The van der Waals surface area contributed by atoms with Crippen molar-refractivity contribution in [2.75, 3.05) is 33.2 Å². The Morgan fingerprint density at radius 2 is 1.61 bits per heavy atom. The predicted molar refractivity (Wildman–Crippen MR) is 174 cm³/mol. The third-order valence-corrected chi connectivity index (χ3v) is 10.5. The lowest BCUT2D eigenvalue weighted by Gasteiger charge is -2.33. The molecule has 0 aliphatic carbocycles. The molecule has 0 saturated carbocycles. The number of nitrogens with one attached hydrogen (secondary N) is 1. The normalized spacial score (nSPS) is 15.2. The first-order valence-corrected chi connectivity index (χ1v) is 16.4. The minimum atomic E-state index is -4.54. The molecule has 3 aromatic carbocycles. The van der Waals surface area contributed by atoms with Crippen LogP contribution in [0.2, 0.25) is 0 Å². The Labute approximate surface area is 265 Å². The Kier molecular flexibility index (Phi) is 7.50. The first-order valence-electron chi connectivity index (χ1n) is 15.0. The summed E-state index contributed by atoms with van der Waals surface area (Å²) >= 11 is 0. The molecule has 0 spiro atoms. The van der Waals surface area contributed by atoms with Crippen LogP contribution in [0.5, 0.6) is 0 Å². The Morgan fingerprint density at radius 3 is 2.35 bits per heavy atom. The van der Waals surface area contributed by atoms with Crippen molar-refractivity contribution in [3.8, 4) is 22.3 Å². The molecule has 0 radical (unpaired) electrons. The van der Waals surface area contributed by atoms with Crippen molar-refractivity contribution in [3.05, 3.63) is 108 Å². The van der Waals surface area contributed by atoms with Crippen LogP contribution in [0, 0.1) is 6.92 Å². The standard InChI is InChI=1S/C35H32F3N5O2S/c1-23-3-8-29(9-4-23)46(44,45)43-22-31(25-7-10-33-26(17-25)11-12-39-33)30-18-28(20-40-34(30)43)24-5-6-27(32(19-24)35(36,37)38)21-42-15-13-41(2)14-16-42/h3-12,17-20,22,39H,13-16,21H2,1-2H3. The molecular formula is C35H32F3N5O2S. The maximum absolute atomic E-state index is 14.4. The van der Waals surface area contributed by atoms with E-state index in [0.29, 0.717) is 35.2 Å². The summed E-state index contributed by atoms with van der Waals surface area (Å²) in [5.41, 5.74) is 3.76. The van der Waals surface area contributed by atoms with Crippen LogP contribution in [0.1, 0.15) is 16.7 Å². The minimum absolute atomic E-state index is 0.110. The molecule has 0 unspecified atom stereocenters. The Bertz CT molecular complexity index is 2180. The number of fused-ring (bicyclic) bond motifs is 2. The second-order valence-electron chi connectivity index (χ2n) is 12.0. The number of aromatic nitrogens is 3. The van der Waals surface area contributed by atoms with Crippen molar-refractivity contribution in [1.29, 1.82) is 0 Å². The number of aryl methyl sites for hydroxylation is 1. The Morgan fingerprint density at radius 1 is 0.870 bits per heavy atom. The van der Waals surface area contributed by atoms with Crippen LogP contribution in [0.4, 0.5) is 13.2 Å². The number of H-pyrrole nitrogens is 1. The summed E-state index contributed by atoms with van der Waals surface area (Å²) in [6.07, 6.45) is 0.270. The van der Waals surface area contributed by atoms with Gasteiger partial charge in [0, 0.05) is 73.3 Å². The molecule has 0 amide bonds. The summed E-state index contributed by atoms with van der Waals surface area (Å²) in [5.74, 6) is 0. The molecule has 6 aromatic rings. The van der Waals surface area contributed by atoms with Gasteiger partial charge in [0.15, 0.2) is 5.65 Å². The highest BCUT2D eigenvalue weighted by Gasteiger charge is 2.34. The number of benzene rings is 3. The van der Waals surface area contributed by atoms with Crippen LogP contribution < -0.4 is 0 Å². The van der Waals surface area contributed by atoms with Crippen molar-refractivity contribution < 1.29 is 21.6 Å². The summed E-state index contributed by atoms with van der Waals surface area (Å²) in [6.45, 7) is 5.12. The molecule has 4 heterocycles. The number of hydrogen-bond acceptors (Lipinski definition) is 5. The van der Waals surface area contributed by atoms with Gasteiger partial charge in [-0.3, -0.25) is 4.90 Å². The second-order valence-corrected chi connectivity index (χ2v) is 13.8. The molecule has 1 aliphatic heterocycles. The minimum Gasteiger partial charge on any atom is -0.361 e. The second kappa shape index (κ2) is 11.4. The fraction of sp³-hybridized carbons (Fsp3) is 0.229.